The van der Waals surface area contributed by atoms with Gasteiger partial charge in [0, 0.05) is 16.8 Å². The van der Waals surface area contributed by atoms with Crippen LogP contribution >= 0.6 is 11.6 Å². The van der Waals surface area contributed by atoms with E-state index in [1.165, 1.54) is 12.1 Å². The van der Waals surface area contributed by atoms with Crippen LogP contribution in [0.25, 0.3) is 11.5 Å². The number of amides is 1. The molecule has 2 aromatic carbocycles. The van der Waals surface area contributed by atoms with E-state index in [0.29, 0.717) is 16.3 Å². The lowest BCUT2D eigenvalue weighted by Crippen LogP contribution is -2.42. The lowest BCUT2D eigenvalue weighted by Gasteiger charge is -2.24. The van der Waals surface area contributed by atoms with Crippen LogP contribution in [0.15, 0.2) is 57.8 Å². The number of nitrogens with zero attached hydrogens (tertiary/aromatic N) is 2. The summed E-state index contributed by atoms with van der Waals surface area (Å²) < 4.78 is 34.2. The van der Waals surface area contributed by atoms with Crippen molar-refractivity contribution in [3.63, 3.8) is 0 Å². The second-order valence-electron chi connectivity index (χ2n) is 6.73. The highest BCUT2D eigenvalue weighted by Crippen LogP contribution is 2.24. The minimum atomic E-state index is -3.30. The van der Waals surface area contributed by atoms with Crippen molar-refractivity contribution in [2.24, 2.45) is 0 Å². The van der Waals surface area contributed by atoms with Crippen molar-refractivity contribution in [2.75, 3.05) is 11.6 Å². The van der Waals surface area contributed by atoms with Gasteiger partial charge in [-0.2, -0.15) is 0 Å². The maximum absolute atomic E-state index is 12.5. The zero-order valence-corrected chi connectivity index (χ0v) is 17.4. The van der Waals surface area contributed by atoms with Gasteiger partial charge in [0.1, 0.15) is 5.75 Å². The molecular formula is C19H18ClN3O5S. The maximum atomic E-state index is 12.5. The standard InChI is InChI=1S/C19H18ClN3O5S/c1-19(2,28-14-8-6-13(20)7-9-14)17(24)21-18-23-22-16(27-18)12-4-10-15(11-5-12)29(3,25)26/h4-11H,1-3H3,(H,21,23,24). The van der Waals surface area contributed by atoms with E-state index < -0.39 is 21.3 Å². The number of aromatic nitrogens is 2. The van der Waals surface area contributed by atoms with E-state index in [1.807, 2.05) is 0 Å². The molecule has 0 aliphatic carbocycles. The van der Waals surface area contributed by atoms with Gasteiger partial charge in [-0.1, -0.05) is 16.7 Å². The Bertz CT molecular complexity index is 1120. The van der Waals surface area contributed by atoms with Crippen molar-refractivity contribution >= 4 is 33.4 Å². The van der Waals surface area contributed by atoms with Crippen LogP contribution < -0.4 is 10.1 Å². The van der Waals surface area contributed by atoms with E-state index in [-0.39, 0.29) is 16.8 Å². The van der Waals surface area contributed by atoms with E-state index in [0.717, 1.165) is 6.26 Å². The Balaban J connectivity index is 1.70. The zero-order chi connectivity index (χ0) is 21.2. The normalized spacial score (nSPS) is 11.9. The lowest BCUT2D eigenvalue weighted by atomic mass is 10.1. The molecule has 0 atom stereocenters. The minimum Gasteiger partial charge on any atom is -0.478 e. The van der Waals surface area contributed by atoms with E-state index in [4.69, 9.17) is 20.8 Å². The van der Waals surface area contributed by atoms with Crippen LogP contribution in [0.1, 0.15) is 13.8 Å². The average Bonchev–Trinajstić information content (AvgIpc) is 3.11. The molecule has 0 spiro atoms. The molecular weight excluding hydrogens is 418 g/mol. The number of benzene rings is 2. The minimum absolute atomic E-state index is 0.107. The Morgan fingerprint density at radius 3 is 2.28 bits per heavy atom. The Kier molecular flexibility index (Phi) is 5.63. The Morgan fingerprint density at radius 2 is 1.69 bits per heavy atom. The molecule has 0 unspecified atom stereocenters. The molecule has 1 aromatic heterocycles. The number of halogens is 1. The Labute approximate surface area is 172 Å². The molecule has 8 nitrogen and oxygen atoms in total. The van der Waals surface area contributed by atoms with Crippen LogP contribution in [-0.4, -0.2) is 36.4 Å². The zero-order valence-electron chi connectivity index (χ0n) is 15.8. The van der Waals surface area contributed by atoms with Gasteiger partial charge >= 0.3 is 6.01 Å². The summed E-state index contributed by atoms with van der Waals surface area (Å²) >= 11 is 5.84. The second kappa shape index (κ2) is 7.84. The number of carbonyl (C=O) groups is 1. The summed E-state index contributed by atoms with van der Waals surface area (Å²) in [5.41, 5.74) is -0.707. The van der Waals surface area contributed by atoms with Gasteiger partial charge < -0.3 is 9.15 Å². The first-order chi connectivity index (χ1) is 13.5. The number of anilines is 1. The quantitative estimate of drug-likeness (QED) is 0.629. The molecule has 3 aromatic rings. The molecule has 0 saturated heterocycles. The Hall–Kier alpha value is -2.91. The SMILES string of the molecule is CC(C)(Oc1ccc(Cl)cc1)C(=O)Nc1nnc(-c2ccc(S(C)(=O)=O)cc2)o1. The van der Waals surface area contributed by atoms with Gasteiger partial charge in [-0.05, 0) is 62.4 Å². The van der Waals surface area contributed by atoms with E-state index >= 15 is 0 Å². The summed E-state index contributed by atoms with van der Waals surface area (Å²) in [5, 5.41) is 10.7. The highest BCUT2D eigenvalue weighted by molar-refractivity contribution is 7.90. The molecule has 0 radical (unpaired) electrons. The van der Waals surface area contributed by atoms with Crippen LogP contribution in [0, 0.1) is 0 Å². The van der Waals surface area contributed by atoms with E-state index in [2.05, 4.69) is 15.5 Å². The first-order valence-corrected chi connectivity index (χ1v) is 10.7. The smallest absolute Gasteiger partial charge is 0.322 e. The summed E-state index contributed by atoms with van der Waals surface area (Å²) in [6.45, 7) is 3.19. The van der Waals surface area contributed by atoms with Gasteiger partial charge in [0.2, 0.25) is 5.89 Å². The monoisotopic (exact) mass is 435 g/mol. The molecule has 1 heterocycles. The maximum Gasteiger partial charge on any atom is 0.322 e. The number of sulfone groups is 1. The van der Waals surface area contributed by atoms with E-state index in [1.54, 1.807) is 50.2 Å². The molecule has 0 bridgehead atoms. The number of hydrogen-bond acceptors (Lipinski definition) is 7. The summed E-state index contributed by atoms with van der Waals surface area (Å²) in [7, 11) is -3.30. The predicted molar refractivity (Wildman–Crippen MR) is 108 cm³/mol. The lowest BCUT2D eigenvalue weighted by molar-refractivity contribution is -0.128. The third-order valence-electron chi connectivity index (χ3n) is 3.91. The molecule has 3 rings (SSSR count). The van der Waals surface area contributed by atoms with Crippen molar-refractivity contribution in [3.8, 4) is 17.2 Å². The van der Waals surface area contributed by atoms with Gasteiger partial charge in [-0.3, -0.25) is 10.1 Å². The third kappa shape index (κ3) is 5.12. The molecule has 0 fully saturated rings. The highest BCUT2D eigenvalue weighted by atomic mass is 35.5. The van der Waals surface area contributed by atoms with Crippen molar-refractivity contribution < 1.29 is 22.4 Å². The van der Waals surface area contributed by atoms with Gasteiger partial charge in [-0.25, -0.2) is 8.42 Å². The third-order valence-corrected chi connectivity index (χ3v) is 5.29. The fourth-order valence-electron chi connectivity index (χ4n) is 2.33. The van der Waals surface area contributed by atoms with Gasteiger partial charge in [0.15, 0.2) is 15.4 Å². The fraction of sp³-hybridized carbons (Fsp3) is 0.211. The number of hydrogen-bond donors (Lipinski definition) is 1. The van der Waals surface area contributed by atoms with Crippen LogP contribution in [0.3, 0.4) is 0 Å². The van der Waals surface area contributed by atoms with Gasteiger partial charge in [0.25, 0.3) is 5.91 Å². The molecule has 10 heteroatoms. The largest absolute Gasteiger partial charge is 0.478 e. The van der Waals surface area contributed by atoms with Crippen LogP contribution in [-0.2, 0) is 14.6 Å². The molecule has 0 aliphatic heterocycles. The average molecular weight is 436 g/mol. The second-order valence-corrected chi connectivity index (χ2v) is 9.18. The van der Waals surface area contributed by atoms with Crippen molar-refractivity contribution in [1.29, 1.82) is 0 Å². The number of nitrogens with one attached hydrogen (secondary N) is 1. The molecule has 1 N–H and O–H groups in total. The van der Waals surface area contributed by atoms with Crippen LogP contribution in [0.5, 0.6) is 5.75 Å². The molecule has 0 saturated carbocycles. The van der Waals surface area contributed by atoms with Gasteiger partial charge in [0.05, 0.1) is 4.90 Å². The van der Waals surface area contributed by atoms with Crippen LogP contribution in [0.4, 0.5) is 6.01 Å². The fourth-order valence-corrected chi connectivity index (χ4v) is 3.08. The van der Waals surface area contributed by atoms with Gasteiger partial charge in [-0.15, -0.1) is 5.10 Å². The first-order valence-electron chi connectivity index (χ1n) is 8.45. The number of rotatable bonds is 6. The molecule has 1 amide bonds. The summed E-state index contributed by atoms with van der Waals surface area (Å²) in [6.07, 6.45) is 1.12. The van der Waals surface area contributed by atoms with Crippen LogP contribution in [0.2, 0.25) is 5.02 Å². The molecule has 29 heavy (non-hydrogen) atoms. The molecule has 0 aliphatic rings. The molecule has 152 valence electrons. The topological polar surface area (TPSA) is 111 Å². The number of carbonyl (C=O) groups excluding carboxylic acids is 1. The summed E-state index contributed by atoms with van der Waals surface area (Å²) in [6, 6.07) is 12.5. The van der Waals surface area contributed by atoms with Crippen molar-refractivity contribution in [2.45, 2.75) is 24.3 Å². The number of ether oxygens (including phenoxy) is 1. The van der Waals surface area contributed by atoms with E-state index in [9.17, 15) is 13.2 Å². The summed E-state index contributed by atoms with van der Waals surface area (Å²) in [5.74, 6) is 0.124. The summed E-state index contributed by atoms with van der Waals surface area (Å²) in [4.78, 5) is 12.7. The first kappa shape index (κ1) is 20.8. The highest BCUT2D eigenvalue weighted by Gasteiger charge is 2.31. The van der Waals surface area contributed by atoms with Crippen molar-refractivity contribution in [1.82, 2.24) is 10.2 Å². The van der Waals surface area contributed by atoms with Crippen molar-refractivity contribution in [3.05, 3.63) is 53.6 Å². The predicted octanol–water partition coefficient (Wildman–Crippen LogP) is 3.59. The Morgan fingerprint density at radius 1 is 1.07 bits per heavy atom.